The van der Waals surface area contributed by atoms with Crippen LogP contribution in [0.5, 0.6) is 0 Å². The molecule has 97 valence electrons. The Labute approximate surface area is 104 Å². The van der Waals surface area contributed by atoms with E-state index in [4.69, 9.17) is 11.6 Å². The molecule has 0 amide bonds. The van der Waals surface area contributed by atoms with Gasteiger partial charge in [0.1, 0.15) is 0 Å². The van der Waals surface area contributed by atoms with Gasteiger partial charge in [-0.25, -0.2) is 0 Å². The molecule has 18 heavy (non-hydrogen) atoms. The molecule has 1 radical (unpaired) electrons. The summed E-state index contributed by atoms with van der Waals surface area (Å²) in [6, 6.07) is 2.32. The summed E-state index contributed by atoms with van der Waals surface area (Å²) in [7, 11) is 0. The minimum Gasteiger partial charge on any atom is -0.166 e. The molecule has 0 bridgehead atoms. The number of alkyl halides is 6. The van der Waals surface area contributed by atoms with Crippen LogP contribution in [0.4, 0.5) is 26.3 Å². The van der Waals surface area contributed by atoms with E-state index in [0.29, 0.717) is 12.5 Å². The number of benzene rings is 1. The van der Waals surface area contributed by atoms with Crippen LogP contribution in [0.2, 0.25) is 5.02 Å². The minimum absolute atomic E-state index is 0.112. The monoisotopic (exact) mass is 285 g/mol. The van der Waals surface area contributed by atoms with Crippen LogP contribution in [0.15, 0.2) is 18.2 Å². The Morgan fingerprint density at radius 3 is 2.17 bits per heavy atom. The van der Waals surface area contributed by atoms with E-state index < -0.39 is 17.9 Å². The largest absolute Gasteiger partial charge is 0.457 e. The molecule has 0 saturated carbocycles. The summed E-state index contributed by atoms with van der Waals surface area (Å²) < 4.78 is 72.2. The van der Waals surface area contributed by atoms with Gasteiger partial charge in [-0.2, -0.15) is 26.3 Å². The third-order valence-corrected chi connectivity index (χ3v) is 2.11. The standard InChI is InChI=1S/C11H4ClF6/c12-9-4-3-8(11(16,17)18)6-7(9)2-1-5-10(13,14)15/h2-4,6H. The lowest BCUT2D eigenvalue weighted by Crippen LogP contribution is -2.05. The Balaban J connectivity index is 2.98. The average molecular weight is 286 g/mol. The van der Waals surface area contributed by atoms with Crippen molar-refractivity contribution in [1.82, 2.24) is 0 Å². The Morgan fingerprint density at radius 2 is 1.67 bits per heavy atom. The highest BCUT2D eigenvalue weighted by Crippen LogP contribution is 2.32. The number of rotatable bonds is 1. The first-order chi connectivity index (χ1) is 8.09. The smallest absolute Gasteiger partial charge is 0.166 e. The van der Waals surface area contributed by atoms with Crippen LogP contribution >= 0.6 is 11.6 Å². The molecule has 1 rings (SSSR count). The molecule has 0 heterocycles. The molecule has 0 nitrogen and oxygen atoms in total. The van der Waals surface area contributed by atoms with Gasteiger partial charge in [-0.3, -0.25) is 0 Å². The first kappa shape index (κ1) is 14.7. The van der Waals surface area contributed by atoms with Crippen molar-refractivity contribution >= 4 is 11.6 Å². The van der Waals surface area contributed by atoms with Gasteiger partial charge in [-0.1, -0.05) is 17.5 Å². The summed E-state index contributed by atoms with van der Waals surface area (Å²) in [5, 5.41) is -0.112. The van der Waals surface area contributed by atoms with Gasteiger partial charge in [0.15, 0.2) is 0 Å². The zero-order chi connectivity index (χ0) is 14.0. The Morgan fingerprint density at radius 1 is 1.06 bits per heavy atom. The molecule has 0 aromatic heterocycles. The third kappa shape index (κ3) is 4.49. The number of hydrogen-bond acceptors (Lipinski definition) is 0. The minimum atomic E-state index is -4.70. The van der Waals surface area contributed by atoms with Crippen LogP contribution in [0.3, 0.4) is 0 Å². The maximum Gasteiger partial charge on any atom is 0.457 e. The average Bonchev–Trinajstić information content (AvgIpc) is 2.17. The highest BCUT2D eigenvalue weighted by molar-refractivity contribution is 6.31. The third-order valence-electron chi connectivity index (χ3n) is 1.76. The Bertz CT molecular complexity index is 489. The van der Waals surface area contributed by atoms with Crippen molar-refractivity contribution in [3.63, 3.8) is 0 Å². The molecule has 7 heteroatoms. The maximum atomic E-state index is 12.3. The number of hydrogen-bond donors (Lipinski definition) is 0. The van der Waals surface area contributed by atoms with Gasteiger partial charge in [0.05, 0.1) is 12.0 Å². The van der Waals surface area contributed by atoms with Gasteiger partial charge in [-0.05, 0) is 23.8 Å². The van der Waals surface area contributed by atoms with Gasteiger partial charge in [0.2, 0.25) is 0 Å². The lowest BCUT2D eigenvalue weighted by molar-refractivity contribution is -0.137. The molecule has 0 spiro atoms. The van der Waals surface area contributed by atoms with Crippen LogP contribution < -0.4 is 0 Å². The molecule has 0 unspecified atom stereocenters. The molecule has 0 fully saturated rings. The molecule has 1 aromatic rings. The summed E-state index contributed by atoms with van der Waals surface area (Å²) in [6.07, 6.45) is -8.61. The quantitative estimate of drug-likeness (QED) is 0.527. The van der Waals surface area contributed by atoms with Crippen molar-refractivity contribution in [3.8, 4) is 11.8 Å². The predicted molar refractivity (Wildman–Crippen MR) is 53.7 cm³/mol. The Kier molecular flexibility index (Phi) is 4.17. The highest BCUT2D eigenvalue weighted by Gasteiger charge is 2.30. The summed E-state index contributed by atoms with van der Waals surface area (Å²) in [4.78, 5) is 0. The summed E-state index contributed by atoms with van der Waals surface area (Å²) in [6.45, 7) is 0. The van der Waals surface area contributed by atoms with Crippen molar-refractivity contribution in [2.75, 3.05) is 0 Å². The summed E-state index contributed by atoms with van der Waals surface area (Å²) in [5.74, 6) is 2.52. The van der Waals surface area contributed by atoms with E-state index in [1.54, 1.807) is 5.92 Å². The second-order valence-corrected chi connectivity index (χ2v) is 3.55. The molecule has 1 aromatic carbocycles. The van der Waals surface area contributed by atoms with Gasteiger partial charge in [0, 0.05) is 10.9 Å². The molecule has 0 atom stereocenters. The normalized spacial score (nSPS) is 11.9. The SMILES string of the molecule is FC(F)(F)C#C[CH]c1cc(C(F)(F)F)ccc1Cl. The van der Waals surface area contributed by atoms with E-state index in [9.17, 15) is 26.3 Å². The van der Waals surface area contributed by atoms with Gasteiger partial charge in [-0.15, -0.1) is 0 Å². The van der Waals surface area contributed by atoms with Crippen LogP contribution in [0, 0.1) is 18.3 Å². The lowest BCUT2D eigenvalue weighted by Gasteiger charge is -2.08. The number of halogens is 7. The van der Waals surface area contributed by atoms with E-state index in [1.807, 2.05) is 0 Å². The van der Waals surface area contributed by atoms with Crippen molar-refractivity contribution in [3.05, 3.63) is 40.8 Å². The van der Waals surface area contributed by atoms with E-state index in [1.165, 1.54) is 0 Å². The highest BCUT2D eigenvalue weighted by atomic mass is 35.5. The summed E-state index contributed by atoms with van der Waals surface area (Å²) in [5.41, 5.74) is -1.23. The maximum absolute atomic E-state index is 12.3. The molecule has 0 saturated heterocycles. The fourth-order valence-electron chi connectivity index (χ4n) is 1.03. The first-order valence-corrected chi connectivity index (χ1v) is 4.77. The van der Waals surface area contributed by atoms with E-state index in [2.05, 4.69) is 0 Å². The Hall–Kier alpha value is -1.35. The molecular weight excluding hydrogens is 282 g/mol. The van der Waals surface area contributed by atoms with E-state index in [-0.39, 0.29) is 10.6 Å². The van der Waals surface area contributed by atoms with Crippen LogP contribution in [-0.2, 0) is 6.18 Å². The fraction of sp³-hybridized carbons (Fsp3) is 0.182. The van der Waals surface area contributed by atoms with Gasteiger partial charge in [0.25, 0.3) is 0 Å². The molecular formula is C11H4ClF6. The predicted octanol–water partition coefficient (Wildman–Crippen LogP) is 4.48. The van der Waals surface area contributed by atoms with Gasteiger partial charge >= 0.3 is 12.4 Å². The van der Waals surface area contributed by atoms with E-state index in [0.717, 1.165) is 18.1 Å². The zero-order valence-corrected chi connectivity index (χ0v) is 9.21. The van der Waals surface area contributed by atoms with Crippen molar-refractivity contribution < 1.29 is 26.3 Å². The molecule has 0 aliphatic rings. The van der Waals surface area contributed by atoms with Crippen LogP contribution in [0.1, 0.15) is 11.1 Å². The molecule has 0 aliphatic heterocycles. The molecule has 0 N–H and O–H groups in total. The van der Waals surface area contributed by atoms with Crippen molar-refractivity contribution in [2.45, 2.75) is 12.4 Å². The second-order valence-electron chi connectivity index (χ2n) is 3.15. The van der Waals surface area contributed by atoms with Crippen molar-refractivity contribution in [2.24, 2.45) is 0 Å². The fourth-order valence-corrected chi connectivity index (χ4v) is 1.20. The van der Waals surface area contributed by atoms with E-state index >= 15 is 0 Å². The second kappa shape index (κ2) is 5.11. The zero-order valence-electron chi connectivity index (χ0n) is 8.46. The van der Waals surface area contributed by atoms with Crippen LogP contribution in [-0.4, -0.2) is 6.18 Å². The molecule has 0 aliphatic carbocycles. The lowest BCUT2D eigenvalue weighted by atomic mass is 10.1. The summed E-state index contributed by atoms with van der Waals surface area (Å²) >= 11 is 5.55. The topological polar surface area (TPSA) is 0 Å². The first-order valence-electron chi connectivity index (χ1n) is 4.39. The van der Waals surface area contributed by atoms with Crippen molar-refractivity contribution in [1.29, 1.82) is 0 Å². The van der Waals surface area contributed by atoms with Gasteiger partial charge < -0.3 is 0 Å². The van der Waals surface area contributed by atoms with Crippen LogP contribution in [0.25, 0.3) is 0 Å².